The molecule has 0 aromatic heterocycles. The number of allylic oxidation sites excluding steroid dienone is 1. The van der Waals surface area contributed by atoms with Gasteiger partial charge in [-0.1, -0.05) is 35.3 Å². The molecule has 0 spiro atoms. The zero-order valence-electron chi connectivity index (χ0n) is 6.78. The van der Waals surface area contributed by atoms with E-state index in [0.29, 0.717) is 5.02 Å². The zero-order chi connectivity index (χ0) is 10.8. The first kappa shape index (κ1) is 11.4. The SMILES string of the molecule is FC(F)(F)C=C(Cl)c1cccc(Cl)c1. The Hall–Kier alpha value is -0.670. The average Bonchev–Trinajstić information content (AvgIpc) is 2.01. The van der Waals surface area contributed by atoms with Gasteiger partial charge in [0, 0.05) is 11.1 Å². The highest BCUT2D eigenvalue weighted by Gasteiger charge is 2.24. The number of benzene rings is 1. The van der Waals surface area contributed by atoms with E-state index in [2.05, 4.69) is 0 Å². The summed E-state index contributed by atoms with van der Waals surface area (Å²) in [5, 5.41) is -0.0313. The molecule has 1 aromatic carbocycles. The summed E-state index contributed by atoms with van der Waals surface area (Å²) in [6.45, 7) is 0. The van der Waals surface area contributed by atoms with E-state index in [1.807, 2.05) is 0 Å². The van der Waals surface area contributed by atoms with Gasteiger partial charge in [0.2, 0.25) is 0 Å². The Kier molecular flexibility index (Phi) is 3.45. The molecule has 0 radical (unpaired) electrons. The van der Waals surface area contributed by atoms with Crippen molar-refractivity contribution in [2.75, 3.05) is 0 Å². The summed E-state index contributed by atoms with van der Waals surface area (Å²) in [4.78, 5) is 0. The number of halogens is 5. The predicted octanol–water partition coefficient (Wildman–Crippen LogP) is 4.48. The van der Waals surface area contributed by atoms with Crippen molar-refractivity contribution >= 4 is 28.2 Å². The van der Waals surface area contributed by atoms with Crippen LogP contribution in [0.5, 0.6) is 0 Å². The molecule has 1 rings (SSSR count). The molecule has 5 heteroatoms. The number of hydrogen-bond donors (Lipinski definition) is 0. The number of hydrogen-bond acceptors (Lipinski definition) is 0. The molecule has 0 bridgehead atoms. The molecule has 0 atom stereocenters. The molecule has 0 fully saturated rings. The molecule has 0 aliphatic rings. The predicted molar refractivity (Wildman–Crippen MR) is 51.3 cm³/mol. The number of alkyl halides is 3. The van der Waals surface area contributed by atoms with Gasteiger partial charge in [-0.05, 0) is 17.7 Å². The molecule has 0 heterocycles. The highest BCUT2D eigenvalue weighted by atomic mass is 35.5. The minimum absolute atomic E-state index is 0.0280. The maximum atomic E-state index is 11.9. The van der Waals surface area contributed by atoms with Crippen LogP contribution in [0.4, 0.5) is 13.2 Å². The molecule has 0 amide bonds. The van der Waals surface area contributed by atoms with E-state index < -0.39 is 6.18 Å². The molecule has 1 aromatic rings. The van der Waals surface area contributed by atoms with Gasteiger partial charge in [0.05, 0.1) is 5.03 Å². The standard InChI is InChI=1S/C9H5Cl2F3/c10-7-3-1-2-6(4-7)8(11)5-9(12,13)14/h1-5H. The fourth-order valence-corrected chi connectivity index (χ4v) is 1.30. The van der Waals surface area contributed by atoms with Crippen molar-refractivity contribution in [3.8, 4) is 0 Å². The second-order valence-corrected chi connectivity index (χ2v) is 3.39. The van der Waals surface area contributed by atoms with Gasteiger partial charge in [0.25, 0.3) is 0 Å². The Morgan fingerprint density at radius 2 is 1.93 bits per heavy atom. The smallest absolute Gasteiger partial charge is 0.167 e. The van der Waals surface area contributed by atoms with Gasteiger partial charge in [-0.25, -0.2) is 0 Å². The van der Waals surface area contributed by atoms with Crippen molar-refractivity contribution < 1.29 is 13.2 Å². The van der Waals surface area contributed by atoms with Crippen LogP contribution in [-0.2, 0) is 0 Å². The van der Waals surface area contributed by atoms with E-state index >= 15 is 0 Å². The van der Waals surface area contributed by atoms with Gasteiger partial charge in [-0.15, -0.1) is 0 Å². The van der Waals surface area contributed by atoms with Crippen molar-refractivity contribution in [1.29, 1.82) is 0 Å². The van der Waals surface area contributed by atoms with Crippen LogP contribution in [-0.4, -0.2) is 6.18 Å². The summed E-state index contributed by atoms with van der Waals surface area (Å²) in [6.07, 6.45) is -4.39. The molecule has 76 valence electrons. The summed E-state index contributed by atoms with van der Waals surface area (Å²) in [6, 6.07) is 5.91. The number of rotatable bonds is 1. The van der Waals surface area contributed by atoms with E-state index in [0.717, 1.165) is 0 Å². The summed E-state index contributed by atoms with van der Waals surface area (Å²) in [5.74, 6) is 0. The largest absolute Gasteiger partial charge is 0.411 e. The lowest BCUT2D eigenvalue weighted by Gasteiger charge is -2.02. The Morgan fingerprint density at radius 3 is 2.43 bits per heavy atom. The van der Waals surface area contributed by atoms with E-state index in [4.69, 9.17) is 23.2 Å². The lowest BCUT2D eigenvalue weighted by molar-refractivity contribution is -0.0791. The van der Waals surface area contributed by atoms with Crippen LogP contribution < -0.4 is 0 Å². The second-order valence-electron chi connectivity index (χ2n) is 2.54. The van der Waals surface area contributed by atoms with Crippen molar-refractivity contribution in [2.45, 2.75) is 6.18 Å². The van der Waals surface area contributed by atoms with E-state index in [1.165, 1.54) is 18.2 Å². The van der Waals surface area contributed by atoms with Crippen molar-refractivity contribution in [1.82, 2.24) is 0 Å². The fraction of sp³-hybridized carbons (Fsp3) is 0.111. The van der Waals surface area contributed by atoms with Crippen LogP contribution in [0.2, 0.25) is 5.02 Å². The average molecular weight is 241 g/mol. The normalized spacial score (nSPS) is 13.1. The Morgan fingerprint density at radius 1 is 1.29 bits per heavy atom. The van der Waals surface area contributed by atoms with Gasteiger partial charge in [-0.2, -0.15) is 13.2 Å². The third-order valence-electron chi connectivity index (χ3n) is 1.39. The third kappa shape index (κ3) is 3.60. The van der Waals surface area contributed by atoms with Gasteiger partial charge in [0.1, 0.15) is 0 Å². The minimum atomic E-state index is -4.42. The maximum Gasteiger partial charge on any atom is 0.411 e. The molecular formula is C9H5Cl2F3. The van der Waals surface area contributed by atoms with Crippen LogP contribution in [0.25, 0.3) is 5.03 Å². The van der Waals surface area contributed by atoms with E-state index in [1.54, 1.807) is 6.07 Å². The summed E-state index contributed by atoms with van der Waals surface area (Å²) < 4.78 is 35.7. The van der Waals surface area contributed by atoms with Crippen LogP contribution in [0.15, 0.2) is 30.3 Å². The summed E-state index contributed by atoms with van der Waals surface area (Å²) in [5.41, 5.74) is 0.247. The molecular weight excluding hydrogens is 236 g/mol. The Labute approximate surface area is 88.9 Å². The minimum Gasteiger partial charge on any atom is -0.167 e. The van der Waals surface area contributed by atoms with E-state index in [9.17, 15) is 13.2 Å². The first-order valence-corrected chi connectivity index (χ1v) is 4.35. The van der Waals surface area contributed by atoms with E-state index in [-0.39, 0.29) is 16.7 Å². The lowest BCUT2D eigenvalue weighted by atomic mass is 10.2. The van der Waals surface area contributed by atoms with Gasteiger partial charge in [0.15, 0.2) is 0 Å². The molecule has 14 heavy (non-hydrogen) atoms. The molecule has 0 N–H and O–H groups in total. The van der Waals surface area contributed by atoms with Crippen LogP contribution in [0.1, 0.15) is 5.56 Å². The molecule has 0 saturated heterocycles. The van der Waals surface area contributed by atoms with Gasteiger partial charge >= 0.3 is 6.18 Å². The van der Waals surface area contributed by atoms with Crippen LogP contribution in [0, 0.1) is 0 Å². The first-order valence-electron chi connectivity index (χ1n) is 3.59. The third-order valence-corrected chi connectivity index (χ3v) is 1.95. The molecule has 0 aliphatic heterocycles. The van der Waals surface area contributed by atoms with Crippen molar-refractivity contribution in [2.24, 2.45) is 0 Å². The van der Waals surface area contributed by atoms with Gasteiger partial charge < -0.3 is 0 Å². The van der Waals surface area contributed by atoms with Crippen molar-refractivity contribution in [3.05, 3.63) is 40.9 Å². The lowest BCUT2D eigenvalue weighted by Crippen LogP contribution is -2.01. The summed E-state index contributed by atoms with van der Waals surface area (Å²) >= 11 is 11.0. The zero-order valence-corrected chi connectivity index (χ0v) is 8.29. The first-order chi connectivity index (χ1) is 6.38. The molecule has 0 nitrogen and oxygen atoms in total. The molecule has 0 unspecified atom stereocenters. The monoisotopic (exact) mass is 240 g/mol. The quantitative estimate of drug-likeness (QED) is 0.679. The second kappa shape index (κ2) is 4.24. The molecule has 0 saturated carbocycles. The van der Waals surface area contributed by atoms with Crippen molar-refractivity contribution in [3.63, 3.8) is 0 Å². The topological polar surface area (TPSA) is 0 Å². The summed E-state index contributed by atoms with van der Waals surface area (Å²) in [7, 11) is 0. The Balaban J connectivity index is 3.01. The highest BCUT2D eigenvalue weighted by Crippen LogP contribution is 2.27. The maximum absolute atomic E-state index is 11.9. The molecule has 0 aliphatic carbocycles. The van der Waals surface area contributed by atoms with Crippen LogP contribution >= 0.6 is 23.2 Å². The highest BCUT2D eigenvalue weighted by molar-refractivity contribution is 6.49. The Bertz CT molecular complexity index is 355. The van der Waals surface area contributed by atoms with Crippen LogP contribution in [0.3, 0.4) is 0 Å². The van der Waals surface area contributed by atoms with Gasteiger partial charge in [-0.3, -0.25) is 0 Å². The fourth-order valence-electron chi connectivity index (χ4n) is 0.864.